The molecule has 1 amide bonds. The maximum atomic E-state index is 12.9. The van der Waals surface area contributed by atoms with Crippen LogP contribution in [0.1, 0.15) is 86.4 Å². The Balaban J connectivity index is 1.33. The van der Waals surface area contributed by atoms with Crippen molar-refractivity contribution in [3.63, 3.8) is 0 Å². The van der Waals surface area contributed by atoms with Crippen LogP contribution in [0.2, 0.25) is 0 Å². The molecule has 256 valence electrons. The van der Waals surface area contributed by atoms with Crippen molar-refractivity contribution >= 4 is 63.4 Å². The normalized spacial score (nSPS) is 15.0. The van der Waals surface area contributed by atoms with E-state index in [9.17, 15) is 14.4 Å². The van der Waals surface area contributed by atoms with Gasteiger partial charge in [0.1, 0.15) is 48.3 Å². The van der Waals surface area contributed by atoms with Gasteiger partial charge < -0.3 is 14.2 Å². The summed E-state index contributed by atoms with van der Waals surface area (Å²) in [6.07, 6.45) is 1.35. The first kappa shape index (κ1) is 34.7. The second-order valence-electron chi connectivity index (χ2n) is 13.1. The van der Waals surface area contributed by atoms with Crippen LogP contribution in [0.5, 0.6) is 0 Å². The van der Waals surface area contributed by atoms with Crippen LogP contribution in [0.15, 0.2) is 33.7 Å². The van der Waals surface area contributed by atoms with Crippen molar-refractivity contribution in [1.29, 1.82) is 0 Å². The van der Waals surface area contributed by atoms with Gasteiger partial charge >= 0.3 is 18.0 Å². The minimum Gasteiger partial charge on any atom is -0.464 e. The number of aromatic nitrogens is 5. The summed E-state index contributed by atoms with van der Waals surface area (Å²) < 4.78 is 16.0. The molecule has 5 aromatic heterocycles. The highest BCUT2D eigenvalue weighted by molar-refractivity contribution is 7.14. The predicted octanol–water partition coefficient (Wildman–Crippen LogP) is 8.39. The van der Waals surface area contributed by atoms with E-state index >= 15 is 0 Å². The monoisotopic (exact) mass is 738 g/mol. The molecule has 0 aromatic carbocycles. The van der Waals surface area contributed by atoms with E-state index in [1.807, 2.05) is 37.6 Å². The van der Waals surface area contributed by atoms with E-state index in [0.29, 0.717) is 49.9 Å². The van der Waals surface area contributed by atoms with E-state index in [-0.39, 0.29) is 23.5 Å². The first-order chi connectivity index (χ1) is 23.2. The molecule has 1 fully saturated rings. The third-order valence-electron chi connectivity index (χ3n) is 7.01. The summed E-state index contributed by atoms with van der Waals surface area (Å²) in [6, 6.07) is 3.50. The van der Waals surface area contributed by atoms with Crippen molar-refractivity contribution in [3.05, 3.63) is 50.0 Å². The number of carbonyl (C=O) groups is 3. The van der Waals surface area contributed by atoms with E-state index in [1.54, 1.807) is 42.5 Å². The molecule has 6 heterocycles. The summed E-state index contributed by atoms with van der Waals surface area (Å²) in [4.78, 5) is 63.3. The van der Waals surface area contributed by atoms with Crippen LogP contribution in [-0.4, -0.2) is 72.7 Å². The zero-order valence-electron chi connectivity index (χ0n) is 27.9. The van der Waals surface area contributed by atoms with Crippen molar-refractivity contribution in [2.24, 2.45) is 0 Å². The van der Waals surface area contributed by atoms with Crippen LogP contribution in [0, 0.1) is 0 Å². The smallest absolute Gasteiger partial charge is 0.410 e. The van der Waals surface area contributed by atoms with E-state index in [1.165, 1.54) is 52.5 Å². The van der Waals surface area contributed by atoms with Gasteiger partial charge in [-0.25, -0.2) is 39.3 Å². The van der Waals surface area contributed by atoms with Crippen LogP contribution in [-0.2, 0) is 14.2 Å². The number of ether oxygens (including phenoxy) is 3. The fourth-order valence-electron chi connectivity index (χ4n) is 4.96. The highest BCUT2D eigenvalue weighted by Crippen LogP contribution is 2.40. The van der Waals surface area contributed by atoms with Crippen molar-refractivity contribution in [1.82, 2.24) is 29.8 Å². The lowest BCUT2D eigenvalue weighted by Crippen LogP contribution is -2.36. The number of thiazole rings is 4. The third kappa shape index (κ3) is 7.87. The molecule has 16 heteroatoms. The second-order valence-corrected chi connectivity index (χ2v) is 16.6. The van der Waals surface area contributed by atoms with E-state index in [4.69, 9.17) is 29.2 Å². The lowest BCUT2D eigenvalue weighted by molar-refractivity contribution is 0.00628. The van der Waals surface area contributed by atoms with Gasteiger partial charge in [0, 0.05) is 33.6 Å². The molecule has 0 unspecified atom stereocenters. The molecule has 0 aliphatic carbocycles. The predicted molar refractivity (Wildman–Crippen MR) is 190 cm³/mol. The fourth-order valence-corrected chi connectivity index (χ4v) is 8.32. The molecular formula is C33H34N6O6S4. The van der Waals surface area contributed by atoms with Crippen LogP contribution in [0.3, 0.4) is 0 Å². The number of nitrogens with zero attached hydrogens (tertiary/aromatic N) is 6. The summed E-state index contributed by atoms with van der Waals surface area (Å²) in [7, 11) is 1.31. The van der Waals surface area contributed by atoms with Crippen molar-refractivity contribution in [3.8, 4) is 43.4 Å². The molecule has 0 radical (unpaired) electrons. The lowest BCUT2D eigenvalue weighted by Gasteiger charge is -2.27. The molecule has 1 saturated heterocycles. The summed E-state index contributed by atoms with van der Waals surface area (Å²) in [5.41, 5.74) is 2.19. The molecule has 49 heavy (non-hydrogen) atoms. The van der Waals surface area contributed by atoms with Crippen LogP contribution < -0.4 is 0 Å². The summed E-state index contributed by atoms with van der Waals surface area (Å²) in [6.45, 7) is 11.6. The van der Waals surface area contributed by atoms with E-state index in [2.05, 4.69) is 9.97 Å². The van der Waals surface area contributed by atoms with Gasteiger partial charge in [-0.2, -0.15) is 0 Å². The topological polar surface area (TPSA) is 147 Å². The Morgan fingerprint density at radius 3 is 2.06 bits per heavy atom. The Kier molecular flexibility index (Phi) is 9.68. The Bertz CT molecular complexity index is 2020. The largest absolute Gasteiger partial charge is 0.464 e. The Morgan fingerprint density at radius 1 is 0.714 bits per heavy atom. The minimum atomic E-state index is -0.653. The zero-order valence-corrected chi connectivity index (χ0v) is 31.2. The maximum absolute atomic E-state index is 12.9. The highest BCUT2D eigenvalue weighted by atomic mass is 32.1. The molecule has 0 saturated carbocycles. The number of esters is 2. The molecule has 0 N–H and O–H groups in total. The Morgan fingerprint density at radius 2 is 1.35 bits per heavy atom. The van der Waals surface area contributed by atoms with E-state index in [0.717, 1.165) is 17.8 Å². The summed E-state index contributed by atoms with van der Waals surface area (Å²) in [5, 5.41) is 9.76. The lowest BCUT2D eigenvalue weighted by atomic mass is 10.1. The van der Waals surface area contributed by atoms with Gasteiger partial charge in [0.25, 0.3) is 0 Å². The molecular weight excluding hydrogens is 705 g/mol. The molecule has 1 atom stereocenters. The molecule has 5 aromatic rings. The average Bonchev–Trinajstić information content (AvgIpc) is 3.88. The number of pyridine rings is 1. The maximum Gasteiger partial charge on any atom is 0.410 e. The Hall–Kier alpha value is -4.12. The number of rotatable bonds is 7. The van der Waals surface area contributed by atoms with Gasteiger partial charge in [-0.1, -0.05) is 0 Å². The van der Waals surface area contributed by atoms with Crippen molar-refractivity contribution < 1.29 is 28.6 Å². The molecule has 1 aliphatic rings. The van der Waals surface area contributed by atoms with Gasteiger partial charge in [0.2, 0.25) is 0 Å². The number of hydrogen-bond acceptors (Lipinski definition) is 15. The number of amides is 1. The average molecular weight is 739 g/mol. The molecule has 1 aliphatic heterocycles. The third-order valence-corrected chi connectivity index (χ3v) is 10.6. The quantitative estimate of drug-likeness (QED) is 0.117. The van der Waals surface area contributed by atoms with Crippen LogP contribution in [0.25, 0.3) is 43.4 Å². The van der Waals surface area contributed by atoms with Crippen LogP contribution in [0.4, 0.5) is 4.79 Å². The van der Waals surface area contributed by atoms with Crippen LogP contribution >= 0.6 is 45.3 Å². The SMILES string of the molecule is COC(=O)c1csc(-c2ccc(-c3nc(C(=O)OC(C)(C)C)cs3)nc2-c2csc(-c3csc([C@@H]4CCCN4C(=O)OC(C)(C)C)n3)n2)n1. The highest BCUT2D eigenvalue weighted by Gasteiger charge is 2.35. The molecule has 0 bridgehead atoms. The first-order valence-electron chi connectivity index (χ1n) is 15.3. The molecule has 0 spiro atoms. The van der Waals surface area contributed by atoms with Crippen molar-refractivity contribution in [2.45, 2.75) is 71.6 Å². The number of hydrogen-bond donors (Lipinski definition) is 0. The number of methoxy groups -OCH3 is 1. The molecule has 6 rings (SSSR count). The van der Waals surface area contributed by atoms with Gasteiger partial charge in [0.15, 0.2) is 11.4 Å². The van der Waals surface area contributed by atoms with Gasteiger partial charge in [-0.15, -0.1) is 45.3 Å². The number of carbonyl (C=O) groups excluding carboxylic acids is 3. The van der Waals surface area contributed by atoms with Gasteiger partial charge in [-0.3, -0.25) is 4.90 Å². The Labute approximate surface area is 299 Å². The first-order valence-corrected chi connectivity index (χ1v) is 18.9. The van der Waals surface area contributed by atoms with Crippen molar-refractivity contribution in [2.75, 3.05) is 13.7 Å². The number of likely N-dealkylation sites (tertiary alicyclic amines) is 1. The second kappa shape index (κ2) is 13.7. The standard InChI is InChI=1S/C33H34N6O6S4/c1-32(2,3)44-30(41)22-16-48-26(38-22)18-11-10-17(25-37-21(15-46-25)29(40)43-7)24(34-18)19-13-47-27(35-19)20-14-49-28(36-20)23-9-8-12-39(23)31(42)45-33(4,5)6/h10-11,13-16,23H,8-9,12H2,1-7H3/t23-/m0/s1. The fraction of sp³-hybridized carbons (Fsp3) is 0.394. The van der Waals surface area contributed by atoms with Gasteiger partial charge in [0.05, 0.1) is 18.8 Å². The summed E-state index contributed by atoms with van der Waals surface area (Å²) >= 11 is 5.49. The van der Waals surface area contributed by atoms with Gasteiger partial charge in [-0.05, 0) is 66.5 Å². The summed E-state index contributed by atoms with van der Waals surface area (Å²) in [5.74, 6) is -1.04. The minimum absolute atomic E-state index is 0.157. The zero-order chi connectivity index (χ0) is 35.1. The van der Waals surface area contributed by atoms with E-state index < -0.39 is 23.1 Å². The molecule has 12 nitrogen and oxygen atoms in total.